The van der Waals surface area contributed by atoms with E-state index in [0.29, 0.717) is 16.6 Å². The Morgan fingerprint density at radius 2 is 1.94 bits per heavy atom. The molecule has 2 aromatic rings. The van der Waals surface area contributed by atoms with Gasteiger partial charge in [-0.25, -0.2) is 4.79 Å². The number of likely N-dealkylation sites (N-methyl/N-ethyl adjacent to an activating group) is 1. The molecule has 4 N–H and O–H groups in total. The Bertz CT molecular complexity index is 611. The number of aromatic nitrogens is 2. The highest BCUT2D eigenvalue weighted by molar-refractivity contribution is 5.84. The maximum absolute atomic E-state index is 11.7. The average Bonchev–Trinajstić information content (AvgIpc) is 2.65. The molecular formula is C11H14N4O2. The van der Waals surface area contributed by atoms with Gasteiger partial charge in [-0.15, -0.1) is 0 Å². The molecule has 6 heteroatoms. The highest BCUT2D eigenvalue weighted by Crippen LogP contribution is 2.16. The Balaban J connectivity index is 2.42. The summed E-state index contributed by atoms with van der Waals surface area (Å²) in [5.41, 5.74) is 7.59. The van der Waals surface area contributed by atoms with Crippen LogP contribution in [0.4, 0.5) is 0 Å². The summed E-state index contributed by atoms with van der Waals surface area (Å²) < 4.78 is 0. The summed E-state index contributed by atoms with van der Waals surface area (Å²) in [6.07, 6.45) is 0. The van der Waals surface area contributed by atoms with E-state index in [2.05, 4.69) is 9.97 Å². The number of nitrogens with one attached hydrogen (secondary N) is 2. The fourth-order valence-corrected chi connectivity index (χ4v) is 1.66. The molecule has 1 atom stereocenters. The summed E-state index contributed by atoms with van der Waals surface area (Å²) in [5, 5.41) is 0. The second-order valence-electron chi connectivity index (χ2n) is 4.09. The summed E-state index contributed by atoms with van der Waals surface area (Å²) in [6.45, 7) is 0. The molecule has 2 rings (SSSR count). The van der Waals surface area contributed by atoms with E-state index in [1.165, 1.54) is 4.90 Å². The first-order valence-corrected chi connectivity index (χ1v) is 5.17. The smallest absolute Gasteiger partial charge is 0.323 e. The number of nitrogens with two attached hydrogens (primary N) is 1. The predicted octanol–water partition coefficient (Wildman–Crippen LogP) is -0.0558. The minimum absolute atomic E-state index is 0.178. The number of H-pyrrole nitrogens is 2. The van der Waals surface area contributed by atoms with Crippen molar-refractivity contribution in [2.75, 3.05) is 14.1 Å². The van der Waals surface area contributed by atoms with Gasteiger partial charge in [-0.1, -0.05) is 6.07 Å². The number of carbonyl (C=O) groups is 1. The van der Waals surface area contributed by atoms with Crippen molar-refractivity contribution in [1.82, 2.24) is 14.9 Å². The van der Waals surface area contributed by atoms with Crippen LogP contribution in [0.5, 0.6) is 0 Å². The highest BCUT2D eigenvalue weighted by Gasteiger charge is 2.17. The lowest BCUT2D eigenvalue weighted by molar-refractivity contribution is -0.130. The number of aromatic amines is 2. The fraction of sp³-hybridized carbons (Fsp3) is 0.273. The van der Waals surface area contributed by atoms with Gasteiger partial charge >= 0.3 is 5.69 Å². The van der Waals surface area contributed by atoms with E-state index in [1.54, 1.807) is 32.3 Å². The van der Waals surface area contributed by atoms with Gasteiger partial charge < -0.3 is 20.6 Å². The molecular weight excluding hydrogens is 220 g/mol. The lowest BCUT2D eigenvalue weighted by Gasteiger charge is -2.16. The summed E-state index contributed by atoms with van der Waals surface area (Å²) in [6, 6.07) is 4.45. The molecule has 0 bridgehead atoms. The Hall–Kier alpha value is -2.08. The summed E-state index contributed by atoms with van der Waals surface area (Å²) in [5.74, 6) is -0.178. The second kappa shape index (κ2) is 4.06. The zero-order valence-electron chi connectivity index (χ0n) is 9.65. The lowest BCUT2D eigenvalue weighted by Crippen LogP contribution is -2.33. The summed E-state index contributed by atoms with van der Waals surface area (Å²) in [7, 11) is 3.30. The van der Waals surface area contributed by atoms with Crippen LogP contribution >= 0.6 is 0 Å². The van der Waals surface area contributed by atoms with Crippen molar-refractivity contribution >= 4 is 16.9 Å². The van der Waals surface area contributed by atoms with Crippen molar-refractivity contribution in [3.8, 4) is 0 Å². The standard InChI is InChI=1S/C11H14N4O2/c1-15(2)10(16)9(12)6-3-4-7-8(5-6)14-11(17)13-7/h3-5,9H,12H2,1-2H3,(H2,13,14,17). The van der Waals surface area contributed by atoms with Gasteiger partial charge in [0, 0.05) is 14.1 Å². The zero-order chi connectivity index (χ0) is 12.6. The normalized spacial score (nSPS) is 12.6. The topological polar surface area (TPSA) is 95.0 Å². The van der Waals surface area contributed by atoms with Crippen LogP contribution in [0.15, 0.2) is 23.0 Å². The molecule has 1 aromatic heterocycles. The van der Waals surface area contributed by atoms with Crippen molar-refractivity contribution in [3.63, 3.8) is 0 Å². The van der Waals surface area contributed by atoms with Crippen LogP contribution in [-0.4, -0.2) is 34.9 Å². The number of nitrogens with zero attached hydrogens (tertiary/aromatic N) is 1. The van der Waals surface area contributed by atoms with E-state index in [0.717, 1.165) is 0 Å². The van der Waals surface area contributed by atoms with Crippen LogP contribution in [0.2, 0.25) is 0 Å². The lowest BCUT2D eigenvalue weighted by atomic mass is 10.1. The van der Waals surface area contributed by atoms with Crippen molar-refractivity contribution in [3.05, 3.63) is 34.2 Å². The number of hydrogen-bond acceptors (Lipinski definition) is 3. The van der Waals surface area contributed by atoms with Crippen LogP contribution < -0.4 is 11.4 Å². The van der Waals surface area contributed by atoms with E-state index in [4.69, 9.17) is 5.73 Å². The third kappa shape index (κ3) is 2.07. The third-order valence-electron chi connectivity index (χ3n) is 2.61. The Kier molecular flexibility index (Phi) is 2.72. The predicted molar refractivity (Wildman–Crippen MR) is 64.5 cm³/mol. The van der Waals surface area contributed by atoms with E-state index in [9.17, 15) is 9.59 Å². The molecule has 90 valence electrons. The van der Waals surface area contributed by atoms with Crippen LogP contribution in [0.25, 0.3) is 11.0 Å². The number of benzene rings is 1. The summed E-state index contributed by atoms with van der Waals surface area (Å²) in [4.78, 5) is 29.5. The maximum atomic E-state index is 11.7. The van der Waals surface area contributed by atoms with Gasteiger partial charge in [-0.3, -0.25) is 4.79 Å². The summed E-state index contributed by atoms with van der Waals surface area (Å²) >= 11 is 0. The molecule has 0 spiro atoms. The molecule has 0 aliphatic carbocycles. The van der Waals surface area contributed by atoms with Crippen LogP contribution in [0, 0.1) is 0 Å². The molecule has 0 saturated carbocycles. The van der Waals surface area contributed by atoms with Gasteiger partial charge in [0.1, 0.15) is 6.04 Å². The fourth-order valence-electron chi connectivity index (χ4n) is 1.66. The number of hydrogen-bond donors (Lipinski definition) is 3. The van der Waals surface area contributed by atoms with Gasteiger partial charge in [0.25, 0.3) is 0 Å². The second-order valence-corrected chi connectivity index (χ2v) is 4.09. The molecule has 0 saturated heterocycles. The van der Waals surface area contributed by atoms with Gasteiger partial charge in [0.2, 0.25) is 5.91 Å². The average molecular weight is 234 g/mol. The Morgan fingerprint density at radius 3 is 2.59 bits per heavy atom. The molecule has 0 fully saturated rings. The van der Waals surface area contributed by atoms with Crippen molar-refractivity contribution in [2.45, 2.75) is 6.04 Å². The van der Waals surface area contributed by atoms with Crippen LogP contribution in [-0.2, 0) is 4.79 Å². The van der Waals surface area contributed by atoms with Crippen LogP contribution in [0.3, 0.4) is 0 Å². The first kappa shape index (κ1) is 11.4. The largest absolute Gasteiger partial charge is 0.347 e. The first-order valence-electron chi connectivity index (χ1n) is 5.17. The molecule has 0 aliphatic heterocycles. The monoisotopic (exact) mass is 234 g/mol. The van der Waals surface area contributed by atoms with Crippen molar-refractivity contribution < 1.29 is 4.79 Å². The first-order chi connectivity index (χ1) is 7.99. The molecule has 1 heterocycles. The van der Waals surface area contributed by atoms with E-state index < -0.39 is 6.04 Å². The molecule has 17 heavy (non-hydrogen) atoms. The Labute approximate surface area is 97.4 Å². The quantitative estimate of drug-likeness (QED) is 0.679. The molecule has 6 nitrogen and oxygen atoms in total. The van der Waals surface area contributed by atoms with Crippen LogP contribution in [0.1, 0.15) is 11.6 Å². The molecule has 1 amide bonds. The Morgan fingerprint density at radius 1 is 1.29 bits per heavy atom. The van der Waals surface area contributed by atoms with Crippen molar-refractivity contribution in [1.29, 1.82) is 0 Å². The van der Waals surface area contributed by atoms with Gasteiger partial charge in [0.15, 0.2) is 0 Å². The van der Waals surface area contributed by atoms with Gasteiger partial charge in [-0.05, 0) is 17.7 Å². The van der Waals surface area contributed by atoms with E-state index in [-0.39, 0.29) is 11.6 Å². The minimum atomic E-state index is -0.715. The van der Waals surface area contributed by atoms with Gasteiger partial charge in [0.05, 0.1) is 11.0 Å². The number of amides is 1. The highest BCUT2D eigenvalue weighted by atomic mass is 16.2. The van der Waals surface area contributed by atoms with Gasteiger partial charge in [-0.2, -0.15) is 0 Å². The number of rotatable bonds is 2. The van der Waals surface area contributed by atoms with Crippen molar-refractivity contribution in [2.24, 2.45) is 5.73 Å². The van der Waals surface area contributed by atoms with E-state index >= 15 is 0 Å². The SMILES string of the molecule is CN(C)C(=O)C(N)c1ccc2[nH]c(=O)[nH]c2c1. The molecule has 0 radical (unpaired) electrons. The molecule has 1 aromatic carbocycles. The maximum Gasteiger partial charge on any atom is 0.323 e. The molecule has 0 aliphatic rings. The minimum Gasteiger partial charge on any atom is -0.347 e. The number of imidazole rings is 1. The number of carbonyl (C=O) groups excluding carboxylic acids is 1. The zero-order valence-corrected chi connectivity index (χ0v) is 9.65. The number of fused-ring (bicyclic) bond motifs is 1. The van der Waals surface area contributed by atoms with E-state index in [1.807, 2.05) is 0 Å². The third-order valence-corrected chi connectivity index (χ3v) is 2.61. The molecule has 1 unspecified atom stereocenters.